The number of hydrogen-bond donors (Lipinski definition) is 0. The molecule has 2 fully saturated rings. The van der Waals surface area contributed by atoms with Crippen LogP contribution >= 0.6 is 0 Å². The molecule has 138 valence electrons. The maximum atomic E-state index is 13.1. The molecule has 6 nitrogen and oxygen atoms in total. The molecule has 2 heterocycles. The van der Waals surface area contributed by atoms with Gasteiger partial charge in [-0.2, -0.15) is 4.31 Å². The number of piperidine rings is 1. The van der Waals surface area contributed by atoms with Gasteiger partial charge in [0.25, 0.3) is 0 Å². The van der Waals surface area contributed by atoms with E-state index in [0.717, 1.165) is 12.8 Å². The number of benzene rings is 1. The number of carbonyl (C=O) groups is 1. The fourth-order valence-corrected chi connectivity index (χ4v) is 5.41. The van der Waals surface area contributed by atoms with Gasteiger partial charge in [-0.3, -0.25) is 4.79 Å². The van der Waals surface area contributed by atoms with Gasteiger partial charge in [0.2, 0.25) is 15.9 Å². The summed E-state index contributed by atoms with van der Waals surface area (Å²) in [5, 5.41) is 0. The standard InChI is InChI=1S/C18H26N2O4S/c1-14-12-19(13-15(2)24-14)18(21)17-10-6-7-11-20(17)25(22,23)16-8-4-3-5-9-16/h3-5,8-9,14-15,17H,6-7,10-13H2,1-2H3. The maximum absolute atomic E-state index is 13.1. The lowest BCUT2D eigenvalue weighted by Crippen LogP contribution is -2.57. The number of amides is 1. The summed E-state index contributed by atoms with van der Waals surface area (Å²) in [4.78, 5) is 15.1. The molecule has 0 N–H and O–H groups in total. The van der Waals surface area contributed by atoms with Crippen molar-refractivity contribution < 1.29 is 17.9 Å². The first-order chi connectivity index (χ1) is 11.9. The summed E-state index contributed by atoms with van der Waals surface area (Å²) in [6.07, 6.45) is 2.16. The van der Waals surface area contributed by atoms with Crippen LogP contribution < -0.4 is 0 Å². The largest absolute Gasteiger partial charge is 0.372 e. The SMILES string of the molecule is CC1CN(C(=O)C2CCCCN2S(=O)(=O)c2ccccc2)CC(C)O1. The lowest BCUT2D eigenvalue weighted by molar-refractivity contribution is -0.148. The van der Waals surface area contributed by atoms with Crippen molar-refractivity contribution in [3.63, 3.8) is 0 Å². The molecule has 1 amide bonds. The molecule has 1 aromatic carbocycles. The van der Waals surface area contributed by atoms with Crippen molar-refractivity contribution in [1.29, 1.82) is 0 Å². The minimum atomic E-state index is -3.67. The Morgan fingerprint density at radius 3 is 2.36 bits per heavy atom. The highest BCUT2D eigenvalue weighted by Crippen LogP contribution is 2.27. The molecule has 2 saturated heterocycles. The van der Waals surface area contributed by atoms with Crippen molar-refractivity contribution in [3.8, 4) is 0 Å². The van der Waals surface area contributed by atoms with Crippen LogP contribution in [-0.4, -0.2) is 61.4 Å². The Morgan fingerprint density at radius 2 is 1.72 bits per heavy atom. The second kappa shape index (κ2) is 7.43. The van der Waals surface area contributed by atoms with Crippen molar-refractivity contribution in [2.45, 2.75) is 56.3 Å². The molecule has 0 spiro atoms. The molecule has 3 rings (SSSR count). The van der Waals surface area contributed by atoms with Gasteiger partial charge >= 0.3 is 0 Å². The Morgan fingerprint density at radius 1 is 1.08 bits per heavy atom. The predicted octanol–water partition coefficient (Wildman–Crippen LogP) is 1.87. The van der Waals surface area contributed by atoms with Gasteiger partial charge < -0.3 is 9.64 Å². The summed E-state index contributed by atoms with van der Waals surface area (Å²) in [6.45, 7) is 5.30. The Hall–Kier alpha value is -1.44. The lowest BCUT2D eigenvalue weighted by atomic mass is 10.0. The van der Waals surface area contributed by atoms with Crippen LogP contribution in [0.3, 0.4) is 0 Å². The van der Waals surface area contributed by atoms with Crippen molar-refractivity contribution in [2.75, 3.05) is 19.6 Å². The average Bonchev–Trinajstić information content (AvgIpc) is 2.61. The minimum absolute atomic E-state index is 0.0320. The molecule has 0 saturated carbocycles. The molecule has 0 aromatic heterocycles. The third kappa shape index (κ3) is 3.88. The number of hydrogen-bond acceptors (Lipinski definition) is 4. The van der Waals surface area contributed by atoms with Gasteiger partial charge in [-0.1, -0.05) is 24.6 Å². The highest BCUT2D eigenvalue weighted by atomic mass is 32.2. The molecule has 2 aliphatic heterocycles. The zero-order chi connectivity index (χ0) is 18.0. The first-order valence-corrected chi connectivity index (χ1v) is 10.3. The predicted molar refractivity (Wildman–Crippen MR) is 94.6 cm³/mol. The van der Waals surface area contributed by atoms with E-state index in [4.69, 9.17) is 4.74 Å². The monoisotopic (exact) mass is 366 g/mol. The van der Waals surface area contributed by atoms with Crippen molar-refractivity contribution in [2.24, 2.45) is 0 Å². The summed E-state index contributed by atoms with van der Waals surface area (Å²) in [5.41, 5.74) is 0. The minimum Gasteiger partial charge on any atom is -0.372 e. The summed E-state index contributed by atoms with van der Waals surface area (Å²) in [6, 6.07) is 7.76. The molecule has 3 atom stereocenters. The van der Waals surface area contributed by atoms with E-state index in [-0.39, 0.29) is 23.0 Å². The highest BCUT2D eigenvalue weighted by molar-refractivity contribution is 7.89. The van der Waals surface area contributed by atoms with E-state index in [1.54, 1.807) is 35.2 Å². The number of morpholine rings is 1. The molecule has 1 aromatic rings. The van der Waals surface area contributed by atoms with Gasteiger partial charge in [-0.05, 0) is 38.8 Å². The molecule has 0 radical (unpaired) electrons. The topological polar surface area (TPSA) is 66.9 Å². The zero-order valence-corrected chi connectivity index (χ0v) is 15.6. The van der Waals surface area contributed by atoms with E-state index in [2.05, 4.69) is 0 Å². The summed E-state index contributed by atoms with van der Waals surface area (Å²) in [7, 11) is -3.67. The van der Waals surface area contributed by atoms with Crippen LogP contribution in [0.25, 0.3) is 0 Å². The molecule has 25 heavy (non-hydrogen) atoms. The van der Waals surface area contributed by atoms with Crippen LogP contribution in [0.2, 0.25) is 0 Å². The van der Waals surface area contributed by atoms with E-state index in [9.17, 15) is 13.2 Å². The highest BCUT2D eigenvalue weighted by Gasteiger charge is 2.40. The Kier molecular flexibility index (Phi) is 5.46. The van der Waals surface area contributed by atoms with Crippen LogP contribution in [0.4, 0.5) is 0 Å². The van der Waals surface area contributed by atoms with Gasteiger partial charge in [0.05, 0.1) is 17.1 Å². The van der Waals surface area contributed by atoms with Crippen LogP contribution in [0.5, 0.6) is 0 Å². The van der Waals surface area contributed by atoms with Crippen LogP contribution in [-0.2, 0) is 19.6 Å². The molecule has 3 unspecified atom stereocenters. The van der Waals surface area contributed by atoms with Gasteiger partial charge in [0.15, 0.2) is 0 Å². The number of nitrogens with zero attached hydrogens (tertiary/aromatic N) is 2. The summed E-state index contributed by atoms with van der Waals surface area (Å²) < 4.78 is 33.2. The van der Waals surface area contributed by atoms with Crippen molar-refractivity contribution in [1.82, 2.24) is 9.21 Å². The van der Waals surface area contributed by atoms with Crippen molar-refractivity contribution in [3.05, 3.63) is 30.3 Å². The van der Waals surface area contributed by atoms with Crippen LogP contribution in [0.15, 0.2) is 35.2 Å². The molecule has 7 heteroatoms. The lowest BCUT2D eigenvalue weighted by Gasteiger charge is -2.40. The van der Waals surface area contributed by atoms with E-state index in [0.29, 0.717) is 26.1 Å². The number of carbonyl (C=O) groups excluding carboxylic acids is 1. The van der Waals surface area contributed by atoms with Gasteiger partial charge in [0.1, 0.15) is 6.04 Å². The first kappa shape index (κ1) is 18.4. The number of rotatable bonds is 3. The maximum Gasteiger partial charge on any atom is 0.243 e. The van der Waals surface area contributed by atoms with Crippen molar-refractivity contribution >= 4 is 15.9 Å². The molecule has 0 aliphatic carbocycles. The van der Waals surface area contributed by atoms with Gasteiger partial charge in [-0.15, -0.1) is 0 Å². The smallest absolute Gasteiger partial charge is 0.243 e. The van der Waals surface area contributed by atoms with Gasteiger partial charge in [-0.25, -0.2) is 8.42 Å². The quantitative estimate of drug-likeness (QED) is 0.819. The third-order valence-corrected chi connectivity index (χ3v) is 6.74. The fourth-order valence-electron chi connectivity index (χ4n) is 3.74. The first-order valence-electron chi connectivity index (χ1n) is 8.90. The van der Waals surface area contributed by atoms with Crippen LogP contribution in [0, 0.1) is 0 Å². The normalized spacial score (nSPS) is 28.7. The second-order valence-electron chi connectivity index (χ2n) is 6.94. The summed E-state index contributed by atoms with van der Waals surface area (Å²) >= 11 is 0. The second-order valence-corrected chi connectivity index (χ2v) is 8.83. The van der Waals surface area contributed by atoms with E-state index < -0.39 is 16.1 Å². The Bertz CT molecular complexity index is 697. The number of sulfonamides is 1. The van der Waals surface area contributed by atoms with E-state index >= 15 is 0 Å². The number of ether oxygens (including phenoxy) is 1. The van der Waals surface area contributed by atoms with Crippen LogP contribution in [0.1, 0.15) is 33.1 Å². The van der Waals surface area contributed by atoms with E-state index in [1.807, 2.05) is 13.8 Å². The Labute approximate surface area is 149 Å². The fraction of sp³-hybridized carbons (Fsp3) is 0.611. The molecule has 2 aliphatic rings. The molecular formula is C18H26N2O4S. The average molecular weight is 366 g/mol. The van der Waals surface area contributed by atoms with E-state index in [1.165, 1.54) is 4.31 Å². The zero-order valence-electron chi connectivity index (χ0n) is 14.8. The van der Waals surface area contributed by atoms with Gasteiger partial charge in [0, 0.05) is 19.6 Å². The molecule has 0 bridgehead atoms. The summed E-state index contributed by atoms with van der Waals surface area (Å²) in [5.74, 6) is -0.0961. The Balaban J connectivity index is 1.85. The third-order valence-electron chi connectivity index (χ3n) is 4.82. The molecular weight excluding hydrogens is 340 g/mol.